The SMILES string of the molecule is O=C(CC12CC3CC(C3)(C1)C2)NCc1cc2ccccc2s1. The van der Waals surface area contributed by atoms with Gasteiger partial charge in [0.05, 0.1) is 6.54 Å². The van der Waals surface area contributed by atoms with E-state index in [1.54, 1.807) is 11.3 Å². The fourth-order valence-electron chi connectivity index (χ4n) is 5.80. The van der Waals surface area contributed by atoms with E-state index in [0.717, 1.165) is 12.3 Å². The number of thiophene rings is 1. The summed E-state index contributed by atoms with van der Waals surface area (Å²) in [7, 11) is 0. The van der Waals surface area contributed by atoms with Crippen LogP contribution < -0.4 is 5.32 Å². The van der Waals surface area contributed by atoms with Crippen LogP contribution in [0, 0.1) is 16.7 Å². The average molecular weight is 311 g/mol. The van der Waals surface area contributed by atoms with Crippen molar-refractivity contribution >= 4 is 27.3 Å². The molecular formula is C19H21NOS. The third-order valence-corrected chi connectivity index (χ3v) is 7.25. The minimum absolute atomic E-state index is 0.258. The zero-order valence-electron chi connectivity index (χ0n) is 12.7. The van der Waals surface area contributed by atoms with E-state index in [0.29, 0.717) is 17.4 Å². The van der Waals surface area contributed by atoms with Gasteiger partial charge < -0.3 is 5.32 Å². The van der Waals surface area contributed by atoms with Crippen LogP contribution in [-0.4, -0.2) is 5.91 Å². The van der Waals surface area contributed by atoms with Crippen molar-refractivity contribution in [1.82, 2.24) is 5.32 Å². The van der Waals surface area contributed by atoms with Gasteiger partial charge in [-0.3, -0.25) is 4.79 Å². The van der Waals surface area contributed by atoms with Crippen molar-refractivity contribution in [2.45, 2.75) is 45.1 Å². The molecule has 5 aliphatic rings. The minimum atomic E-state index is 0.258. The van der Waals surface area contributed by atoms with E-state index in [-0.39, 0.29) is 5.91 Å². The van der Waals surface area contributed by atoms with Crippen molar-refractivity contribution in [3.05, 3.63) is 35.2 Å². The maximum Gasteiger partial charge on any atom is 0.220 e. The van der Waals surface area contributed by atoms with E-state index in [1.165, 1.54) is 47.1 Å². The van der Waals surface area contributed by atoms with Crippen molar-refractivity contribution in [2.75, 3.05) is 0 Å². The Labute approximate surface area is 134 Å². The first kappa shape index (κ1) is 13.1. The largest absolute Gasteiger partial charge is 0.351 e. The molecule has 114 valence electrons. The first-order valence-electron chi connectivity index (χ1n) is 8.38. The molecular weight excluding hydrogens is 290 g/mol. The fraction of sp³-hybridized carbons (Fsp3) is 0.526. The van der Waals surface area contributed by atoms with Gasteiger partial charge in [-0.05, 0) is 66.4 Å². The van der Waals surface area contributed by atoms with Gasteiger partial charge in [-0.15, -0.1) is 11.3 Å². The number of hydrogen-bond acceptors (Lipinski definition) is 2. The van der Waals surface area contributed by atoms with Crippen LogP contribution in [0.1, 0.15) is 43.4 Å². The molecule has 0 radical (unpaired) electrons. The quantitative estimate of drug-likeness (QED) is 0.885. The van der Waals surface area contributed by atoms with Gasteiger partial charge in [0.25, 0.3) is 0 Å². The molecule has 22 heavy (non-hydrogen) atoms. The maximum absolute atomic E-state index is 12.3. The second kappa shape index (κ2) is 4.35. The van der Waals surface area contributed by atoms with Crippen molar-refractivity contribution in [1.29, 1.82) is 0 Å². The number of fused-ring (bicyclic) bond motifs is 1. The fourth-order valence-corrected chi connectivity index (χ4v) is 6.81. The highest BCUT2D eigenvalue weighted by molar-refractivity contribution is 7.19. The van der Waals surface area contributed by atoms with E-state index < -0.39 is 0 Å². The third kappa shape index (κ3) is 1.95. The van der Waals surface area contributed by atoms with Crippen molar-refractivity contribution in [2.24, 2.45) is 16.7 Å². The van der Waals surface area contributed by atoms with E-state index in [9.17, 15) is 4.79 Å². The lowest BCUT2D eigenvalue weighted by Crippen LogP contribution is -2.62. The van der Waals surface area contributed by atoms with Gasteiger partial charge in [0, 0.05) is 16.0 Å². The average Bonchev–Trinajstić information content (AvgIpc) is 2.85. The zero-order chi connectivity index (χ0) is 14.8. The standard InChI is InChI=1S/C19H21NOS/c21-17(9-19-8-13-6-18(7-13,11-19)12-19)20-10-15-5-14-3-1-2-4-16(14)22-15/h1-5,13H,6-12H2,(H,20,21). The van der Waals surface area contributed by atoms with Crippen LogP contribution in [0.25, 0.3) is 10.1 Å². The maximum atomic E-state index is 12.3. The van der Waals surface area contributed by atoms with Gasteiger partial charge in [-0.25, -0.2) is 0 Å². The van der Waals surface area contributed by atoms with Gasteiger partial charge in [-0.2, -0.15) is 0 Å². The number of amides is 1. The molecule has 1 aromatic carbocycles. The minimum Gasteiger partial charge on any atom is -0.351 e. The monoisotopic (exact) mass is 311 g/mol. The number of benzene rings is 1. The molecule has 7 rings (SSSR count). The molecule has 2 nitrogen and oxygen atoms in total. The summed E-state index contributed by atoms with van der Waals surface area (Å²) in [4.78, 5) is 13.6. The van der Waals surface area contributed by atoms with Crippen molar-refractivity contribution in [3.8, 4) is 0 Å². The molecule has 1 N–H and O–H groups in total. The van der Waals surface area contributed by atoms with Crippen LogP contribution in [0.2, 0.25) is 0 Å². The lowest BCUT2D eigenvalue weighted by molar-refractivity contribution is -0.210. The molecule has 1 spiro atoms. The highest BCUT2D eigenvalue weighted by Crippen LogP contribution is 2.76. The lowest BCUT2D eigenvalue weighted by atomic mass is 9.33. The number of rotatable bonds is 4. The summed E-state index contributed by atoms with van der Waals surface area (Å²) in [6.45, 7) is 0.683. The highest BCUT2D eigenvalue weighted by Gasteiger charge is 2.66. The molecule has 3 bridgehead atoms. The highest BCUT2D eigenvalue weighted by atomic mass is 32.1. The molecule has 5 aliphatic carbocycles. The van der Waals surface area contributed by atoms with Gasteiger partial charge in [0.1, 0.15) is 0 Å². The molecule has 5 fully saturated rings. The van der Waals surface area contributed by atoms with Gasteiger partial charge >= 0.3 is 0 Å². The summed E-state index contributed by atoms with van der Waals surface area (Å²) in [6.07, 6.45) is 7.64. The predicted molar refractivity (Wildman–Crippen MR) is 89.7 cm³/mol. The third-order valence-electron chi connectivity index (χ3n) is 6.14. The number of carbonyl (C=O) groups is 1. The molecule has 3 heteroatoms. The summed E-state index contributed by atoms with van der Waals surface area (Å²) < 4.78 is 1.30. The first-order valence-corrected chi connectivity index (χ1v) is 9.20. The summed E-state index contributed by atoms with van der Waals surface area (Å²) in [5.74, 6) is 1.20. The Kier molecular flexibility index (Phi) is 2.59. The Morgan fingerprint density at radius 1 is 1.23 bits per heavy atom. The summed E-state index contributed by atoms with van der Waals surface area (Å²) in [6, 6.07) is 10.6. The Bertz CT molecular complexity index is 709. The number of carbonyl (C=O) groups excluding carboxylic acids is 1. The molecule has 2 aromatic rings. The summed E-state index contributed by atoms with van der Waals surface area (Å²) >= 11 is 1.79. The second-order valence-corrected chi connectivity index (χ2v) is 9.20. The van der Waals surface area contributed by atoms with E-state index in [2.05, 4.69) is 35.6 Å². The molecule has 0 unspecified atom stereocenters. The Morgan fingerprint density at radius 2 is 2.05 bits per heavy atom. The number of hydrogen-bond donors (Lipinski definition) is 1. The van der Waals surface area contributed by atoms with Crippen LogP contribution in [0.3, 0.4) is 0 Å². The molecule has 1 heterocycles. The molecule has 1 aromatic heterocycles. The summed E-state index contributed by atoms with van der Waals surface area (Å²) in [5, 5.41) is 4.44. The normalized spacial score (nSPS) is 34.8. The number of nitrogens with one attached hydrogen (secondary N) is 1. The van der Waals surface area contributed by atoms with E-state index in [4.69, 9.17) is 0 Å². The molecule has 5 saturated carbocycles. The van der Waals surface area contributed by atoms with Crippen molar-refractivity contribution in [3.63, 3.8) is 0 Å². The first-order chi connectivity index (χ1) is 10.6. The smallest absolute Gasteiger partial charge is 0.220 e. The Hall–Kier alpha value is -1.35. The van der Waals surface area contributed by atoms with Crippen LogP contribution >= 0.6 is 11.3 Å². The Balaban J connectivity index is 1.21. The van der Waals surface area contributed by atoms with E-state index in [1.807, 2.05) is 0 Å². The summed E-state index contributed by atoms with van der Waals surface area (Å²) in [5.41, 5.74) is 1.07. The molecule has 0 saturated heterocycles. The molecule has 0 atom stereocenters. The molecule has 1 amide bonds. The Morgan fingerprint density at radius 3 is 2.77 bits per heavy atom. The van der Waals surface area contributed by atoms with Crippen LogP contribution in [0.15, 0.2) is 30.3 Å². The zero-order valence-corrected chi connectivity index (χ0v) is 13.5. The molecule has 0 aliphatic heterocycles. The van der Waals surface area contributed by atoms with Crippen LogP contribution in [0.4, 0.5) is 0 Å². The predicted octanol–water partition coefficient (Wildman–Crippen LogP) is 4.49. The lowest BCUT2D eigenvalue weighted by Gasteiger charge is -2.71. The van der Waals surface area contributed by atoms with Crippen LogP contribution in [0.5, 0.6) is 0 Å². The van der Waals surface area contributed by atoms with Gasteiger partial charge in [-0.1, -0.05) is 18.2 Å². The van der Waals surface area contributed by atoms with Gasteiger partial charge in [0.2, 0.25) is 5.91 Å². The van der Waals surface area contributed by atoms with Crippen molar-refractivity contribution < 1.29 is 4.79 Å². The second-order valence-electron chi connectivity index (χ2n) is 8.04. The van der Waals surface area contributed by atoms with Gasteiger partial charge in [0.15, 0.2) is 0 Å². The van der Waals surface area contributed by atoms with E-state index >= 15 is 0 Å². The van der Waals surface area contributed by atoms with Crippen LogP contribution in [-0.2, 0) is 11.3 Å². The topological polar surface area (TPSA) is 29.1 Å².